The van der Waals surface area contributed by atoms with Crippen molar-refractivity contribution >= 4 is 10.9 Å². The molecule has 14 heavy (non-hydrogen) atoms. The molecule has 2 N–H and O–H groups in total. The minimum atomic E-state index is 0.00259. The van der Waals surface area contributed by atoms with Crippen molar-refractivity contribution in [3.8, 4) is 0 Å². The zero-order valence-electron chi connectivity index (χ0n) is 7.66. The molecular weight excluding hydrogens is 178 g/mol. The smallest absolute Gasteiger partial charge is 0.189 e. The molecule has 0 aliphatic carbocycles. The van der Waals surface area contributed by atoms with Gasteiger partial charge in [0.1, 0.15) is 0 Å². The number of aliphatic hydroxyl groups excluding tert-OH is 1. The molecule has 2 rings (SSSR count). The Balaban J connectivity index is 2.66. The first-order valence-corrected chi connectivity index (χ1v) is 4.53. The van der Waals surface area contributed by atoms with E-state index in [-0.39, 0.29) is 12.0 Å². The Morgan fingerprint density at radius 3 is 2.86 bits per heavy atom. The van der Waals surface area contributed by atoms with Gasteiger partial charge < -0.3 is 10.1 Å². The van der Waals surface area contributed by atoms with E-state index < -0.39 is 0 Å². The zero-order chi connectivity index (χ0) is 9.97. The molecule has 1 aromatic heterocycles. The summed E-state index contributed by atoms with van der Waals surface area (Å²) in [5, 5.41) is 9.45. The molecule has 0 saturated carbocycles. The number of hydrogen-bond acceptors (Lipinski definition) is 2. The summed E-state index contributed by atoms with van der Waals surface area (Å²) in [6.45, 7) is 0.0499. The first kappa shape index (κ1) is 8.97. The largest absolute Gasteiger partial charge is 0.396 e. The second kappa shape index (κ2) is 3.64. The number of aliphatic hydroxyl groups is 1. The maximum atomic E-state index is 11.6. The molecule has 3 nitrogen and oxygen atoms in total. The van der Waals surface area contributed by atoms with Crippen molar-refractivity contribution in [3.05, 3.63) is 46.2 Å². The van der Waals surface area contributed by atoms with Gasteiger partial charge in [-0.3, -0.25) is 4.79 Å². The molecule has 0 saturated heterocycles. The predicted molar refractivity (Wildman–Crippen MR) is 55.4 cm³/mol. The standard InChI is InChI=1S/C11H11NO2/c13-6-5-8-7-11(14)9-3-1-2-4-10(9)12-8/h1-4,7,13H,5-6H2,(H,12,14). The molecule has 2 aromatic rings. The van der Waals surface area contributed by atoms with Crippen molar-refractivity contribution in [2.75, 3.05) is 6.61 Å². The van der Waals surface area contributed by atoms with Crippen LogP contribution in [0.5, 0.6) is 0 Å². The van der Waals surface area contributed by atoms with Crippen molar-refractivity contribution in [1.82, 2.24) is 4.98 Å². The van der Waals surface area contributed by atoms with E-state index in [0.717, 1.165) is 11.2 Å². The number of pyridine rings is 1. The fourth-order valence-corrected chi connectivity index (χ4v) is 1.51. The van der Waals surface area contributed by atoms with E-state index in [1.165, 1.54) is 0 Å². The van der Waals surface area contributed by atoms with Gasteiger partial charge in [0, 0.05) is 35.7 Å². The lowest BCUT2D eigenvalue weighted by atomic mass is 10.2. The molecule has 0 atom stereocenters. The van der Waals surface area contributed by atoms with Gasteiger partial charge in [-0.15, -0.1) is 0 Å². The quantitative estimate of drug-likeness (QED) is 0.742. The lowest BCUT2D eigenvalue weighted by Gasteiger charge is -2.01. The number of para-hydroxylation sites is 1. The van der Waals surface area contributed by atoms with Gasteiger partial charge >= 0.3 is 0 Å². The predicted octanol–water partition coefficient (Wildman–Crippen LogP) is 1.06. The Hall–Kier alpha value is -1.61. The van der Waals surface area contributed by atoms with E-state index in [1.54, 1.807) is 12.1 Å². The number of benzene rings is 1. The van der Waals surface area contributed by atoms with Crippen LogP contribution in [0.25, 0.3) is 10.9 Å². The Bertz CT molecular complexity index is 502. The minimum absolute atomic E-state index is 0.00259. The summed E-state index contributed by atoms with van der Waals surface area (Å²) in [6.07, 6.45) is 0.486. The summed E-state index contributed by atoms with van der Waals surface area (Å²) in [5.41, 5.74) is 1.60. The first-order chi connectivity index (χ1) is 6.81. The van der Waals surface area contributed by atoms with E-state index in [1.807, 2.05) is 18.2 Å². The number of aromatic nitrogens is 1. The number of hydrogen-bond donors (Lipinski definition) is 2. The maximum Gasteiger partial charge on any atom is 0.189 e. The molecule has 0 amide bonds. The van der Waals surface area contributed by atoms with Crippen molar-refractivity contribution in [1.29, 1.82) is 0 Å². The molecule has 0 aliphatic rings. The van der Waals surface area contributed by atoms with Crippen molar-refractivity contribution in [2.24, 2.45) is 0 Å². The van der Waals surface area contributed by atoms with Crippen LogP contribution in [0, 0.1) is 0 Å². The lowest BCUT2D eigenvalue weighted by molar-refractivity contribution is 0.298. The fourth-order valence-electron chi connectivity index (χ4n) is 1.51. The highest BCUT2D eigenvalue weighted by atomic mass is 16.3. The highest BCUT2D eigenvalue weighted by Gasteiger charge is 1.99. The maximum absolute atomic E-state index is 11.6. The Morgan fingerprint density at radius 2 is 2.07 bits per heavy atom. The number of H-pyrrole nitrogens is 1. The van der Waals surface area contributed by atoms with E-state index >= 15 is 0 Å². The van der Waals surface area contributed by atoms with Crippen molar-refractivity contribution in [2.45, 2.75) is 6.42 Å². The third-order valence-electron chi connectivity index (χ3n) is 2.17. The number of nitrogens with one attached hydrogen (secondary N) is 1. The fraction of sp³-hybridized carbons (Fsp3) is 0.182. The molecular formula is C11H11NO2. The first-order valence-electron chi connectivity index (χ1n) is 4.53. The highest BCUT2D eigenvalue weighted by molar-refractivity contribution is 5.78. The Labute approximate surface area is 81.0 Å². The zero-order valence-corrected chi connectivity index (χ0v) is 7.66. The molecule has 0 aliphatic heterocycles. The molecule has 3 heteroatoms. The summed E-state index contributed by atoms with van der Waals surface area (Å²) < 4.78 is 0. The summed E-state index contributed by atoms with van der Waals surface area (Å²) in [4.78, 5) is 14.7. The average molecular weight is 189 g/mol. The van der Waals surface area contributed by atoms with E-state index in [0.29, 0.717) is 11.8 Å². The van der Waals surface area contributed by atoms with E-state index in [4.69, 9.17) is 5.11 Å². The second-order valence-corrected chi connectivity index (χ2v) is 3.18. The molecule has 0 fully saturated rings. The van der Waals surface area contributed by atoms with Gasteiger partial charge in [0.15, 0.2) is 5.43 Å². The summed E-state index contributed by atoms with van der Waals surface area (Å²) in [6, 6.07) is 8.90. The van der Waals surface area contributed by atoms with Gasteiger partial charge in [0.25, 0.3) is 0 Å². The van der Waals surface area contributed by atoms with Crippen LogP contribution < -0.4 is 5.43 Å². The van der Waals surface area contributed by atoms with Crippen LogP contribution in [0.15, 0.2) is 35.1 Å². The molecule has 0 radical (unpaired) electrons. The topological polar surface area (TPSA) is 53.1 Å². The molecule has 0 unspecified atom stereocenters. The molecule has 1 heterocycles. The van der Waals surface area contributed by atoms with Gasteiger partial charge in [0.05, 0.1) is 0 Å². The highest BCUT2D eigenvalue weighted by Crippen LogP contribution is 2.07. The summed E-state index contributed by atoms with van der Waals surface area (Å²) in [5.74, 6) is 0. The number of rotatable bonds is 2. The Kier molecular flexibility index (Phi) is 2.33. The summed E-state index contributed by atoms with van der Waals surface area (Å²) in [7, 11) is 0. The van der Waals surface area contributed by atoms with Gasteiger partial charge in [-0.2, -0.15) is 0 Å². The third kappa shape index (κ3) is 1.54. The normalized spacial score (nSPS) is 10.6. The summed E-state index contributed by atoms with van der Waals surface area (Å²) >= 11 is 0. The van der Waals surface area contributed by atoms with Crippen LogP contribution >= 0.6 is 0 Å². The number of fused-ring (bicyclic) bond motifs is 1. The molecule has 0 spiro atoms. The number of aromatic amines is 1. The van der Waals surface area contributed by atoms with Crippen LogP contribution in [0.4, 0.5) is 0 Å². The molecule has 0 bridgehead atoms. The Morgan fingerprint density at radius 1 is 1.29 bits per heavy atom. The lowest BCUT2D eigenvalue weighted by Crippen LogP contribution is -2.06. The second-order valence-electron chi connectivity index (χ2n) is 3.18. The van der Waals surface area contributed by atoms with Crippen LogP contribution in [-0.2, 0) is 6.42 Å². The molecule has 72 valence electrons. The van der Waals surface area contributed by atoms with Crippen LogP contribution in [0.1, 0.15) is 5.69 Å². The SMILES string of the molecule is O=c1cc(CCO)[nH]c2ccccc12. The van der Waals surface area contributed by atoms with Crippen LogP contribution in [0.2, 0.25) is 0 Å². The van der Waals surface area contributed by atoms with Crippen LogP contribution in [0.3, 0.4) is 0 Å². The van der Waals surface area contributed by atoms with Gasteiger partial charge in [-0.25, -0.2) is 0 Å². The average Bonchev–Trinajstić information content (AvgIpc) is 2.18. The van der Waals surface area contributed by atoms with E-state index in [9.17, 15) is 4.79 Å². The van der Waals surface area contributed by atoms with Gasteiger partial charge in [0.2, 0.25) is 0 Å². The van der Waals surface area contributed by atoms with E-state index in [2.05, 4.69) is 4.98 Å². The van der Waals surface area contributed by atoms with Crippen molar-refractivity contribution in [3.63, 3.8) is 0 Å². The molecule has 1 aromatic carbocycles. The minimum Gasteiger partial charge on any atom is -0.396 e. The van der Waals surface area contributed by atoms with Crippen molar-refractivity contribution < 1.29 is 5.11 Å². The monoisotopic (exact) mass is 189 g/mol. The van der Waals surface area contributed by atoms with Gasteiger partial charge in [-0.05, 0) is 12.1 Å². The van der Waals surface area contributed by atoms with Gasteiger partial charge in [-0.1, -0.05) is 12.1 Å². The third-order valence-corrected chi connectivity index (χ3v) is 2.17. The van der Waals surface area contributed by atoms with Crippen LogP contribution in [-0.4, -0.2) is 16.7 Å².